The first-order valence-corrected chi connectivity index (χ1v) is 14.7. The fraction of sp³-hybridized carbons (Fsp3) is 0.344. The molecule has 2 aromatic carbocycles. The lowest BCUT2D eigenvalue weighted by Gasteiger charge is -2.16. The third-order valence-corrected chi connectivity index (χ3v) is 7.44. The first-order chi connectivity index (χ1) is 20.7. The highest BCUT2D eigenvalue weighted by atomic mass is 35.5. The molecule has 43 heavy (non-hydrogen) atoms. The van der Waals surface area contributed by atoms with Crippen molar-refractivity contribution in [2.24, 2.45) is 5.73 Å². The van der Waals surface area contributed by atoms with Crippen molar-refractivity contribution in [3.05, 3.63) is 93.8 Å². The molecular formula is C32H39ClFN7O2. The predicted molar refractivity (Wildman–Crippen MR) is 172 cm³/mol. The summed E-state index contributed by atoms with van der Waals surface area (Å²) in [7, 11) is 1.56. The summed E-state index contributed by atoms with van der Waals surface area (Å²) in [6.07, 6.45) is 6.78. The van der Waals surface area contributed by atoms with E-state index in [4.69, 9.17) is 27.5 Å². The molecule has 1 unspecified atom stereocenters. The number of hydrogen-bond donors (Lipinski definition) is 5. The second-order valence-corrected chi connectivity index (χ2v) is 11.1. The zero-order valence-corrected chi connectivity index (χ0v) is 25.3. The number of halogens is 2. The fourth-order valence-corrected chi connectivity index (χ4v) is 5.08. The topological polar surface area (TPSA) is 134 Å². The lowest BCUT2D eigenvalue weighted by atomic mass is 10.0. The first-order valence-electron chi connectivity index (χ1n) is 14.3. The standard InChI is InChI=1S/C32H39ClFN7O2/c1-4-24(12-13-37-29(36)19-43-3)38-17-21-8-10-25(11-9-21)41-18-23-16-28(39-31(23)40-32(41)42)26-14-22(7-5-6-20(2)35)15-27(33)30(26)34/h4,8-11,14-16,18,20,24,38H,1,5-7,12-13,17,19,35H2,2-3H3,(H2,36,37)(H,39,40,42)/t20-,24?/m0/s1. The summed E-state index contributed by atoms with van der Waals surface area (Å²) in [6, 6.07) is 13.0. The van der Waals surface area contributed by atoms with E-state index >= 15 is 4.39 Å². The van der Waals surface area contributed by atoms with Crippen LogP contribution < -0.4 is 22.1 Å². The van der Waals surface area contributed by atoms with E-state index in [1.807, 2.05) is 37.3 Å². The van der Waals surface area contributed by atoms with Gasteiger partial charge in [0.2, 0.25) is 0 Å². The Morgan fingerprint density at radius 1 is 1.26 bits per heavy atom. The molecule has 0 amide bonds. The summed E-state index contributed by atoms with van der Waals surface area (Å²) in [4.78, 5) is 20.2. The van der Waals surface area contributed by atoms with E-state index in [-0.39, 0.29) is 23.7 Å². The lowest BCUT2D eigenvalue weighted by molar-refractivity contribution is 0.241. The number of aromatic nitrogens is 3. The minimum atomic E-state index is -0.524. The average Bonchev–Trinajstić information content (AvgIpc) is 3.39. The normalized spacial score (nSPS) is 12.8. The molecule has 11 heteroatoms. The van der Waals surface area contributed by atoms with Crippen LogP contribution in [0.25, 0.3) is 28.0 Å². The summed E-state index contributed by atoms with van der Waals surface area (Å²) in [5.41, 5.74) is 9.24. The number of amidine groups is 1. The van der Waals surface area contributed by atoms with Crippen molar-refractivity contribution in [3.8, 4) is 16.9 Å². The number of nitrogens with one attached hydrogen (secondary N) is 4. The maximum absolute atomic E-state index is 15.1. The Morgan fingerprint density at radius 2 is 2.02 bits per heavy atom. The van der Waals surface area contributed by atoms with Gasteiger partial charge in [-0.1, -0.05) is 29.8 Å². The van der Waals surface area contributed by atoms with E-state index in [9.17, 15) is 4.79 Å². The van der Waals surface area contributed by atoms with Crippen LogP contribution in [-0.4, -0.2) is 52.7 Å². The number of ether oxygens (including phenoxy) is 1. The highest BCUT2D eigenvalue weighted by molar-refractivity contribution is 6.31. The monoisotopic (exact) mass is 607 g/mol. The molecule has 9 nitrogen and oxygen atoms in total. The van der Waals surface area contributed by atoms with Gasteiger partial charge in [0.25, 0.3) is 0 Å². The molecule has 0 saturated heterocycles. The summed E-state index contributed by atoms with van der Waals surface area (Å²) in [5, 5.41) is 14.9. The minimum Gasteiger partial charge on any atom is -0.377 e. The van der Waals surface area contributed by atoms with E-state index in [1.54, 1.807) is 31.5 Å². The molecule has 0 aliphatic carbocycles. The Balaban J connectivity index is 1.47. The van der Waals surface area contributed by atoms with Crippen LogP contribution in [0.15, 0.2) is 66.1 Å². The maximum atomic E-state index is 15.1. The average molecular weight is 608 g/mol. The first kappa shape index (κ1) is 32.1. The number of benzene rings is 2. The van der Waals surface area contributed by atoms with Crippen molar-refractivity contribution in [1.82, 2.24) is 25.2 Å². The van der Waals surface area contributed by atoms with Gasteiger partial charge in [0.15, 0.2) is 5.82 Å². The largest absolute Gasteiger partial charge is 0.377 e. The molecule has 0 radical (unpaired) electrons. The molecule has 4 rings (SSSR count). The van der Waals surface area contributed by atoms with Crippen molar-refractivity contribution in [1.29, 1.82) is 5.41 Å². The molecule has 6 N–H and O–H groups in total. The lowest BCUT2D eigenvalue weighted by Crippen LogP contribution is -2.33. The van der Waals surface area contributed by atoms with Crippen molar-refractivity contribution in [2.45, 2.75) is 51.2 Å². The molecule has 0 bridgehead atoms. The number of H-pyrrole nitrogens is 1. The van der Waals surface area contributed by atoms with Gasteiger partial charge in [-0.3, -0.25) is 9.98 Å². The van der Waals surface area contributed by atoms with Crippen LogP contribution in [0.4, 0.5) is 4.39 Å². The van der Waals surface area contributed by atoms with Crippen molar-refractivity contribution < 1.29 is 9.13 Å². The van der Waals surface area contributed by atoms with Crippen molar-refractivity contribution >= 4 is 28.5 Å². The molecule has 0 saturated carbocycles. The van der Waals surface area contributed by atoms with Gasteiger partial charge in [-0.05, 0) is 74.1 Å². The number of nitrogens with zero attached hydrogens (tertiary/aromatic N) is 2. The van der Waals surface area contributed by atoms with Crippen LogP contribution in [0.2, 0.25) is 5.02 Å². The second kappa shape index (κ2) is 15.1. The zero-order valence-electron chi connectivity index (χ0n) is 24.6. The molecular weight excluding hydrogens is 569 g/mol. The van der Waals surface area contributed by atoms with E-state index < -0.39 is 11.5 Å². The Hall–Kier alpha value is -3.83. The quantitative estimate of drug-likeness (QED) is 0.0726. The van der Waals surface area contributed by atoms with E-state index in [0.717, 1.165) is 36.8 Å². The summed E-state index contributed by atoms with van der Waals surface area (Å²) in [5.74, 6) is -0.182. The molecule has 0 fully saturated rings. The Kier molecular flexibility index (Phi) is 11.2. The van der Waals surface area contributed by atoms with Crippen LogP contribution >= 0.6 is 11.6 Å². The highest BCUT2D eigenvalue weighted by Crippen LogP contribution is 2.31. The molecule has 2 aromatic heterocycles. The minimum absolute atomic E-state index is 0.0488. The van der Waals surface area contributed by atoms with Gasteiger partial charge < -0.3 is 26.1 Å². The number of hydrogen-bond acceptors (Lipinski definition) is 6. The smallest absolute Gasteiger partial charge is 0.354 e. The number of rotatable bonds is 15. The number of fused-ring (bicyclic) bond motifs is 1. The van der Waals surface area contributed by atoms with E-state index in [2.05, 4.69) is 27.2 Å². The maximum Gasteiger partial charge on any atom is 0.354 e. The molecule has 2 heterocycles. The summed E-state index contributed by atoms with van der Waals surface area (Å²) >= 11 is 6.24. The van der Waals surface area contributed by atoms with Crippen LogP contribution in [0.5, 0.6) is 0 Å². The SMILES string of the molecule is C=CC(CCNC(=N)COC)NCc1ccc(-n2cc3cc(-c4cc(CCC[C@H](C)N)cc(Cl)c4F)[nH]c3nc2=O)cc1. The summed E-state index contributed by atoms with van der Waals surface area (Å²) in [6.45, 7) is 7.35. The predicted octanol–water partition coefficient (Wildman–Crippen LogP) is 5.09. The zero-order chi connectivity index (χ0) is 30.9. The Labute approximate surface area is 255 Å². The van der Waals surface area contributed by atoms with Gasteiger partial charge in [0, 0.05) is 49.4 Å². The Bertz CT molecular complexity index is 1610. The van der Waals surface area contributed by atoms with Gasteiger partial charge in [-0.25, -0.2) is 9.18 Å². The van der Waals surface area contributed by atoms with Crippen LogP contribution in [0, 0.1) is 11.2 Å². The number of aryl methyl sites for hydroxylation is 1. The Morgan fingerprint density at radius 3 is 2.72 bits per heavy atom. The second-order valence-electron chi connectivity index (χ2n) is 10.7. The molecule has 0 aliphatic rings. The van der Waals surface area contributed by atoms with Crippen LogP contribution in [-0.2, 0) is 17.7 Å². The van der Waals surface area contributed by atoms with E-state index in [0.29, 0.717) is 46.9 Å². The molecule has 228 valence electrons. The molecule has 0 aliphatic heterocycles. The van der Waals surface area contributed by atoms with Gasteiger partial charge >= 0.3 is 5.69 Å². The van der Waals surface area contributed by atoms with Crippen molar-refractivity contribution in [3.63, 3.8) is 0 Å². The van der Waals surface area contributed by atoms with Gasteiger partial charge in [-0.15, -0.1) is 6.58 Å². The van der Waals surface area contributed by atoms with Gasteiger partial charge in [0.1, 0.15) is 18.1 Å². The molecule has 2 atom stereocenters. The number of methoxy groups -OCH3 is 1. The molecule has 4 aromatic rings. The highest BCUT2D eigenvalue weighted by Gasteiger charge is 2.16. The van der Waals surface area contributed by atoms with Gasteiger partial charge in [0.05, 0.1) is 16.4 Å². The third kappa shape index (κ3) is 8.61. The van der Waals surface area contributed by atoms with Gasteiger partial charge in [-0.2, -0.15) is 4.98 Å². The van der Waals surface area contributed by atoms with Crippen LogP contribution in [0.1, 0.15) is 37.3 Å². The molecule has 0 spiro atoms. The number of nitrogens with two attached hydrogens (primary N) is 1. The fourth-order valence-electron chi connectivity index (χ4n) is 4.84. The summed E-state index contributed by atoms with van der Waals surface area (Å²) < 4.78 is 21.5. The van der Waals surface area contributed by atoms with E-state index in [1.165, 1.54) is 4.57 Å². The number of aromatic amines is 1. The van der Waals surface area contributed by atoms with Crippen molar-refractivity contribution in [2.75, 3.05) is 20.3 Å². The third-order valence-electron chi connectivity index (χ3n) is 7.16. The van der Waals surface area contributed by atoms with Crippen LogP contribution in [0.3, 0.4) is 0 Å².